The third-order valence-electron chi connectivity index (χ3n) is 4.17. The van der Waals surface area contributed by atoms with Crippen LogP contribution in [0.25, 0.3) is 11.1 Å². The van der Waals surface area contributed by atoms with Crippen molar-refractivity contribution >= 4 is 0 Å². The Balaban J connectivity index is 2.11. The number of benzene rings is 2. The second-order valence-corrected chi connectivity index (χ2v) is 5.38. The van der Waals surface area contributed by atoms with E-state index in [1.807, 2.05) is 0 Å². The van der Waals surface area contributed by atoms with Crippen molar-refractivity contribution in [3.8, 4) is 11.1 Å². The predicted octanol–water partition coefficient (Wildman–Crippen LogP) is 5.32. The van der Waals surface area contributed by atoms with E-state index in [0.29, 0.717) is 0 Å². The zero-order chi connectivity index (χ0) is 12.4. The molecule has 0 aromatic heterocycles. The summed E-state index contributed by atoms with van der Waals surface area (Å²) in [4.78, 5) is 0. The van der Waals surface area contributed by atoms with Crippen LogP contribution in [0.2, 0.25) is 0 Å². The van der Waals surface area contributed by atoms with Gasteiger partial charge in [0, 0.05) is 0 Å². The molecule has 3 rings (SSSR count). The maximum absolute atomic E-state index is 2.29. The fourth-order valence-corrected chi connectivity index (χ4v) is 3.31. The van der Waals surface area contributed by atoms with Gasteiger partial charge in [-0.05, 0) is 47.9 Å². The van der Waals surface area contributed by atoms with Gasteiger partial charge < -0.3 is 0 Å². The highest BCUT2D eigenvalue weighted by atomic mass is 14.3. The third-order valence-corrected chi connectivity index (χ3v) is 4.17. The van der Waals surface area contributed by atoms with E-state index in [-0.39, 0.29) is 0 Å². The molecule has 0 atom stereocenters. The molecule has 1 aliphatic rings. The summed E-state index contributed by atoms with van der Waals surface area (Å²) in [6, 6.07) is 17.6. The van der Waals surface area contributed by atoms with Crippen molar-refractivity contribution < 1.29 is 0 Å². The van der Waals surface area contributed by atoms with Gasteiger partial charge in [0.2, 0.25) is 0 Å². The molecule has 2 aromatic carbocycles. The normalized spacial score (nSPS) is 16.1. The quantitative estimate of drug-likeness (QED) is 0.662. The van der Waals surface area contributed by atoms with Crippen LogP contribution in [0.3, 0.4) is 0 Å². The van der Waals surface area contributed by atoms with Crippen molar-refractivity contribution in [2.45, 2.75) is 38.5 Å². The summed E-state index contributed by atoms with van der Waals surface area (Å²) in [5.74, 6) is 0.779. The number of aryl methyl sites for hydroxylation is 1. The van der Waals surface area contributed by atoms with Gasteiger partial charge in [-0.1, -0.05) is 61.4 Å². The topological polar surface area (TPSA) is 0 Å². The van der Waals surface area contributed by atoms with Gasteiger partial charge in [0.1, 0.15) is 0 Å². The average molecular weight is 236 g/mol. The Hall–Kier alpha value is -1.56. The smallest absolute Gasteiger partial charge is 0.0146 e. The van der Waals surface area contributed by atoms with E-state index < -0.39 is 0 Å². The van der Waals surface area contributed by atoms with Gasteiger partial charge in [0.15, 0.2) is 0 Å². The van der Waals surface area contributed by atoms with E-state index in [1.165, 1.54) is 42.4 Å². The zero-order valence-corrected chi connectivity index (χ0v) is 11.0. The first kappa shape index (κ1) is 11.5. The van der Waals surface area contributed by atoms with E-state index in [2.05, 4.69) is 55.5 Å². The van der Waals surface area contributed by atoms with Crippen LogP contribution in [0.4, 0.5) is 0 Å². The van der Waals surface area contributed by atoms with Crippen molar-refractivity contribution in [3.05, 3.63) is 59.7 Å². The fraction of sp³-hybridized carbons (Fsp3) is 0.333. The molecule has 18 heavy (non-hydrogen) atoms. The van der Waals surface area contributed by atoms with Gasteiger partial charge in [-0.15, -0.1) is 0 Å². The van der Waals surface area contributed by atoms with Crippen molar-refractivity contribution in [2.75, 3.05) is 0 Å². The largest absolute Gasteiger partial charge is 0.0622 e. The van der Waals surface area contributed by atoms with Crippen LogP contribution in [-0.4, -0.2) is 0 Å². The monoisotopic (exact) mass is 236 g/mol. The molecular weight excluding hydrogens is 216 g/mol. The van der Waals surface area contributed by atoms with Gasteiger partial charge in [-0.2, -0.15) is 0 Å². The summed E-state index contributed by atoms with van der Waals surface area (Å²) < 4.78 is 0. The molecule has 0 radical (unpaired) electrons. The molecule has 0 heterocycles. The minimum absolute atomic E-state index is 0.779. The summed E-state index contributed by atoms with van der Waals surface area (Å²) in [6.45, 7) is 2.26. The molecule has 0 aliphatic heterocycles. The molecule has 0 spiro atoms. The predicted molar refractivity (Wildman–Crippen MR) is 77.8 cm³/mol. The molecule has 0 nitrogen and oxygen atoms in total. The van der Waals surface area contributed by atoms with Crippen LogP contribution in [0.15, 0.2) is 48.5 Å². The molecule has 92 valence electrons. The lowest BCUT2D eigenvalue weighted by Crippen LogP contribution is -1.99. The third kappa shape index (κ3) is 2.08. The summed E-state index contributed by atoms with van der Waals surface area (Å²) in [7, 11) is 0. The first-order valence-electron chi connectivity index (χ1n) is 7.01. The lowest BCUT2D eigenvalue weighted by Gasteiger charge is -2.18. The zero-order valence-electron chi connectivity index (χ0n) is 11.0. The molecule has 0 saturated heterocycles. The number of hydrogen-bond acceptors (Lipinski definition) is 0. The highest BCUT2D eigenvalue weighted by molar-refractivity contribution is 5.69. The first-order chi connectivity index (χ1) is 8.86. The van der Waals surface area contributed by atoms with Crippen molar-refractivity contribution in [3.63, 3.8) is 0 Å². The fourth-order valence-electron chi connectivity index (χ4n) is 3.31. The van der Waals surface area contributed by atoms with Crippen molar-refractivity contribution in [2.24, 2.45) is 0 Å². The van der Waals surface area contributed by atoms with Gasteiger partial charge >= 0.3 is 0 Å². The van der Waals surface area contributed by atoms with E-state index in [0.717, 1.165) is 5.92 Å². The van der Waals surface area contributed by atoms with E-state index in [9.17, 15) is 0 Å². The summed E-state index contributed by atoms with van der Waals surface area (Å²) in [5, 5.41) is 0. The average Bonchev–Trinajstić information content (AvgIpc) is 2.93. The maximum Gasteiger partial charge on any atom is -0.0146 e. The Morgan fingerprint density at radius 2 is 1.56 bits per heavy atom. The van der Waals surface area contributed by atoms with Crippen LogP contribution >= 0.6 is 0 Å². The molecule has 2 aromatic rings. The lowest BCUT2D eigenvalue weighted by molar-refractivity contribution is 0.720. The van der Waals surface area contributed by atoms with Gasteiger partial charge in [0.25, 0.3) is 0 Å². The van der Waals surface area contributed by atoms with E-state index >= 15 is 0 Å². The standard InChI is InChI=1S/C18H20/c1-14-8-7-13-17(15-9-3-2-4-10-15)18(14)16-11-5-6-12-16/h2-4,7-10,13,16H,5-6,11-12H2,1H3. The van der Waals surface area contributed by atoms with Crippen molar-refractivity contribution in [1.82, 2.24) is 0 Å². The maximum atomic E-state index is 2.29. The minimum Gasteiger partial charge on any atom is -0.0622 e. The molecular formula is C18H20. The molecule has 0 amide bonds. The molecule has 0 heteroatoms. The highest BCUT2D eigenvalue weighted by Crippen LogP contribution is 2.40. The van der Waals surface area contributed by atoms with Gasteiger partial charge in [-0.3, -0.25) is 0 Å². The van der Waals surface area contributed by atoms with Crippen LogP contribution in [-0.2, 0) is 0 Å². The van der Waals surface area contributed by atoms with Crippen LogP contribution in [0, 0.1) is 6.92 Å². The summed E-state index contributed by atoms with van der Waals surface area (Å²) in [5.41, 5.74) is 5.87. The lowest BCUT2D eigenvalue weighted by atomic mass is 9.86. The Morgan fingerprint density at radius 3 is 2.28 bits per heavy atom. The molecule has 1 saturated carbocycles. The highest BCUT2D eigenvalue weighted by Gasteiger charge is 2.21. The Kier molecular flexibility index (Phi) is 3.19. The van der Waals surface area contributed by atoms with Crippen molar-refractivity contribution in [1.29, 1.82) is 0 Å². The SMILES string of the molecule is Cc1cccc(-c2ccccc2)c1C1CCCC1. The first-order valence-corrected chi connectivity index (χ1v) is 7.01. The Morgan fingerprint density at radius 1 is 0.833 bits per heavy atom. The minimum atomic E-state index is 0.779. The molecule has 1 fully saturated rings. The van der Waals surface area contributed by atoms with Crippen LogP contribution < -0.4 is 0 Å². The Labute approximate surface area is 110 Å². The Bertz CT molecular complexity index is 519. The molecule has 1 aliphatic carbocycles. The molecule has 0 unspecified atom stereocenters. The molecule has 0 N–H and O–H groups in total. The van der Waals surface area contributed by atoms with E-state index in [4.69, 9.17) is 0 Å². The van der Waals surface area contributed by atoms with Crippen LogP contribution in [0.1, 0.15) is 42.7 Å². The van der Waals surface area contributed by atoms with Crippen LogP contribution in [0.5, 0.6) is 0 Å². The number of hydrogen-bond donors (Lipinski definition) is 0. The van der Waals surface area contributed by atoms with Gasteiger partial charge in [-0.25, -0.2) is 0 Å². The molecule has 0 bridgehead atoms. The second-order valence-electron chi connectivity index (χ2n) is 5.38. The van der Waals surface area contributed by atoms with Gasteiger partial charge in [0.05, 0.1) is 0 Å². The number of rotatable bonds is 2. The van der Waals surface area contributed by atoms with E-state index in [1.54, 1.807) is 5.56 Å². The summed E-state index contributed by atoms with van der Waals surface area (Å²) in [6.07, 6.45) is 5.52. The summed E-state index contributed by atoms with van der Waals surface area (Å²) >= 11 is 0. The second kappa shape index (κ2) is 4.97.